The van der Waals surface area contributed by atoms with Crippen molar-refractivity contribution in [3.8, 4) is 0 Å². The van der Waals surface area contributed by atoms with Crippen molar-refractivity contribution < 1.29 is 53.3 Å². The fourth-order valence-corrected chi connectivity index (χ4v) is 6.04. The Balaban J connectivity index is 2.23. The van der Waals surface area contributed by atoms with E-state index in [-0.39, 0.29) is 19.3 Å². The summed E-state index contributed by atoms with van der Waals surface area (Å²) in [7, 11) is 0. The summed E-state index contributed by atoms with van der Waals surface area (Å²) in [6.07, 6.45) is 18.3. The molecule has 1 fully saturated rings. The SMILES string of the molecule is CCCCCCCCCCCOCC(COCCCCCCCCCCC)OCCOCCOCCO[C@H]1O[C@H](CO)[C@@H](O)[C@H](O)[C@H]1NC(C)=O. The molecule has 12 nitrogen and oxygen atoms in total. The molecule has 5 atom stereocenters. The molecular weight excluding hydrogens is 658 g/mol. The standard InChI is InChI=1S/C39H77NO11/c1-4-6-8-10-12-14-16-18-20-22-47-31-34(32-48-23-21-19-17-15-13-11-9-7-5-2)49-28-26-45-24-25-46-27-29-50-39-36(40-33(3)42)38(44)37(43)35(30-41)51-39/h34-39,41,43-44H,4-32H2,1-3H3,(H,40,42)/t35-,36-,37-,38-,39+/m1/s1. The second-order valence-corrected chi connectivity index (χ2v) is 13.8. The van der Waals surface area contributed by atoms with Gasteiger partial charge in [-0.1, -0.05) is 117 Å². The Labute approximate surface area is 309 Å². The van der Waals surface area contributed by atoms with Crippen molar-refractivity contribution in [3.63, 3.8) is 0 Å². The van der Waals surface area contributed by atoms with Crippen molar-refractivity contribution in [1.82, 2.24) is 5.32 Å². The van der Waals surface area contributed by atoms with Gasteiger partial charge in [0.1, 0.15) is 30.5 Å². The number of carbonyl (C=O) groups is 1. The maximum absolute atomic E-state index is 11.6. The third-order valence-electron chi connectivity index (χ3n) is 9.11. The fraction of sp³-hybridized carbons (Fsp3) is 0.974. The number of aliphatic hydroxyl groups is 3. The van der Waals surface area contributed by atoms with E-state index in [0.29, 0.717) is 39.6 Å². The number of hydrogen-bond acceptors (Lipinski definition) is 11. The molecule has 1 amide bonds. The molecule has 1 aliphatic heterocycles. The van der Waals surface area contributed by atoms with Gasteiger partial charge in [0.05, 0.1) is 59.5 Å². The van der Waals surface area contributed by atoms with Gasteiger partial charge in [0.15, 0.2) is 6.29 Å². The largest absolute Gasteiger partial charge is 0.394 e. The molecule has 0 aromatic rings. The van der Waals surface area contributed by atoms with Crippen molar-refractivity contribution in [2.24, 2.45) is 0 Å². The summed E-state index contributed by atoms with van der Waals surface area (Å²) >= 11 is 0. The predicted octanol–water partition coefficient (Wildman–Crippen LogP) is 5.46. The third kappa shape index (κ3) is 26.5. The summed E-state index contributed by atoms with van der Waals surface area (Å²) in [5.74, 6) is -0.405. The quantitative estimate of drug-likeness (QED) is 0.0602. The highest BCUT2D eigenvalue weighted by Gasteiger charge is 2.45. The highest BCUT2D eigenvalue weighted by molar-refractivity contribution is 5.73. The van der Waals surface area contributed by atoms with Crippen LogP contribution in [-0.2, 0) is 38.0 Å². The minimum absolute atomic E-state index is 0.116. The molecule has 0 saturated carbocycles. The lowest BCUT2D eigenvalue weighted by atomic mass is 9.97. The first-order valence-corrected chi connectivity index (χ1v) is 20.4. The van der Waals surface area contributed by atoms with Crippen molar-refractivity contribution in [1.29, 1.82) is 0 Å². The number of nitrogens with one attached hydrogen (secondary N) is 1. The van der Waals surface area contributed by atoms with Gasteiger partial charge in [-0.15, -0.1) is 0 Å². The van der Waals surface area contributed by atoms with Crippen LogP contribution in [0.4, 0.5) is 0 Å². The highest BCUT2D eigenvalue weighted by Crippen LogP contribution is 2.22. The van der Waals surface area contributed by atoms with Crippen LogP contribution in [0.15, 0.2) is 0 Å². The van der Waals surface area contributed by atoms with Gasteiger partial charge >= 0.3 is 0 Å². The summed E-state index contributed by atoms with van der Waals surface area (Å²) in [5.41, 5.74) is 0. The monoisotopic (exact) mass is 736 g/mol. The molecule has 12 heteroatoms. The lowest BCUT2D eigenvalue weighted by Crippen LogP contribution is -2.64. The Kier molecular flexibility index (Phi) is 32.8. The predicted molar refractivity (Wildman–Crippen MR) is 199 cm³/mol. The van der Waals surface area contributed by atoms with Gasteiger partial charge in [-0.25, -0.2) is 0 Å². The molecule has 0 unspecified atom stereocenters. The van der Waals surface area contributed by atoms with Crippen LogP contribution < -0.4 is 5.32 Å². The van der Waals surface area contributed by atoms with Crippen LogP contribution in [0, 0.1) is 0 Å². The molecule has 4 N–H and O–H groups in total. The van der Waals surface area contributed by atoms with E-state index in [2.05, 4.69) is 19.2 Å². The fourth-order valence-electron chi connectivity index (χ4n) is 6.04. The van der Waals surface area contributed by atoms with E-state index in [1.165, 1.54) is 110 Å². The Bertz CT molecular complexity index is 739. The average molecular weight is 736 g/mol. The smallest absolute Gasteiger partial charge is 0.217 e. The van der Waals surface area contributed by atoms with Crippen molar-refractivity contribution >= 4 is 5.91 Å². The van der Waals surface area contributed by atoms with Crippen LogP contribution in [0.1, 0.15) is 136 Å². The first-order chi connectivity index (χ1) is 24.9. The second-order valence-electron chi connectivity index (χ2n) is 13.8. The third-order valence-corrected chi connectivity index (χ3v) is 9.11. The van der Waals surface area contributed by atoms with Gasteiger partial charge in [-0.05, 0) is 12.8 Å². The molecule has 0 spiro atoms. The van der Waals surface area contributed by atoms with Gasteiger partial charge in [0.2, 0.25) is 5.91 Å². The van der Waals surface area contributed by atoms with Crippen molar-refractivity contribution in [2.45, 2.75) is 173 Å². The molecular formula is C39H77NO11. The van der Waals surface area contributed by atoms with Gasteiger partial charge in [0.25, 0.3) is 0 Å². The van der Waals surface area contributed by atoms with E-state index in [0.717, 1.165) is 26.1 Å². The lowest BCUT2D eigenvalue weighted by molar-refractivity contribution is -0.272. The van der Waals surface area contributed by atoms with Crippen LogP contribution in [0.2, 0.25) is 0 Å². The summed E-state index contributed by atoms with van der Waals surface area (Å²) in [6, 6.07) is -0.979. The molecule has 1 rings (SSSR count). The minimum Gasteiger partial charge on any atom is -0.394 e. The van der Waals surface area contributed by atoms with E-state index < -0.39 is 43.2 Å². The maximum Gasteiger partial charge on any atom is 0.217 e. The molecule has 1 heterocycles. The van der Waals surface area contributed by atoms with Crippen LogP contribution in [0.3, 0.4) is 0 Å². The van der Waals surface area contributed by atoms with Gasteiger partial charge in [-0.3, -0.25) is 4.79 Å². The number of rotatable bonds is 37. The molecule has 0 aliphatic carbocycles. The number of amides is 1. The van der Waals surface area contributed by atoms with E-state index in [1.807, 2.05) is 0 Å². The molecule has 0 bridgehead atoms. The Hall–Kier alpha value is -0.930. The Morgan fingerprint density at radius 2 is 1.06 bits per heavy atom. The normalized spacial score (nSPS) is 20.7. The van der Waals surface area contributed by atoms with Crippen LogP contribution in [0.5, 0.6) is 0 Å². The summed E-state index contributed by atoms with van der Waals surface area (Å²) in [4.78, 5) is 11.6. The van der Waals surface area contributed by atoms with Crippen LogP contribution in [-0.4, -0.2) is 131 Å². The highest BCUT2D eigenvalue weighted by atomic mass is 16.7. The second kappa shape index (κ2) is 34.8. The minimum atomic E-state index is -1.35. The number of aliphatic hydroxyl groups excluding tert-OH is 3. The van der Waals surface area contributed by atoms with Crippen LogP contribution in [0.25, 0.3) is 0 Å². The molecule has 0 aromatic carbocycles. The zero-order chi connectivity index (χ0) is 37.2. The zero-order valence-electron chi connectivity index (χ0n) is 32.6. The number of unbranched alkanes of at least 4 members (excludes halogenated alkanes) is 16. The van der Waals surface area contributed by atoms with E-state index in [9.17, 15) is 20.1 Å². The van der Waals surface area contributed by atoms with Gasteiger partial charge in [0, 0.05) is 20.1 Å². The van der Waals surface area contributed by atoms with Gasteiger partial charge in [-0.2, -0.15) is 0 Å². The van der Waals surface area contributed by atoms with E-state index in [4.69, 9.17) is 33.2 Å². The average Bonchev–Trinajstić information content (AvgIpc) is 3.12. The van der Waals surface area contributed by atoms with Crippen molar-refractivity contribution in [2.75, 3.05) is 72.7 Å². The maximum atomic E-state index is 11.6. The number of hydrogen-bond donors (Lipinski definition) is 4. The van der Waals surface area contributed by atoms with E-state index in [1.54, 1.807) is 0 Å². The topological polar surface area (TPSA) is 154 Å². The van der Waals surface area contributed by atoms with Crippen molar-refractivity contribution in [3.05, 3.63) is 0 Å². The number of carbonyl (C=O) groups excluding carboxylic acids is 1. The zero-order valence-corrected chi connectivity index (χ0v) is 32.6. The molecule has 0 aromatic heterocycles. The molecule has 1 aliphatic rings. The van der Waals surface area contributed by atoms with Gasteiger partial charge < -0.3 is 53.8 Å². The first kappa shape index (κ1) is 48.1. The summed E-state index contributed by atoms with van der Waals surface area (Å²) < 4.78 is 40.5. The lowest BCUT2D eigenvalue weighted by Gasteiger charge is -2.42. The molecule has 0 radical (unpaired) electrons. The Morgan fingerprint density at radius 1 is 0.608 bits per heavy atom. The molecule has 51 heavy (non-hydrogen) atoms. The number of ether oxygens (including phenoxy) is 7. The first-order valence-electron chi connectivity index (χ1n) is 20.4. The van der Waals surface area contributed by atoms with Crippen LogP contribution >= 0.6 is 0 Å². The molecule has 304 valence electrons. The summed E-state index contributed by atoms with van der Waals surface area (Å²) in [5, 5.41) is 32.4. The molecule has 1 saturated heterocycles. The Morgan fingerprint density at radius 3 is 1.53 bits per heavy atom. The van der Waals surface area contributed by atoms with E-state index >= 15 is 0 Å². The summed E-state index contributed by atoms with van der Waals surface area (Å²) in [6.45, 7) is 9.75.